The molecule has 0 aliphatic heterocycles. The van der Waals surface area contributed by atoms with E-state index in [0.29, 0.717) is 0 Å². The van der Waals surface area contributed by atoms with Gasteiger partial charge in [0.1, 0.15) is 0 Å². The average molecular weight is 769 g/mol. The van der Waals surface area contributed by atoms with Crippen molar-refractivity contribution in [1.29, 1.82) is 5.26 Å². The molecule has 0 saturated heterocycles. The van der Waals surface area contributed by atoms with Gasteiger partial charge in [-0.05, 0) is 122 Å². The Morgan fingerprint density at radius 1 is 0.458 bits per heavy atom. The van der Waals surface area contributed by atoms with Crippen molar-refractivity contribution >= 4 is 76.2 Å². The van der Waals surface area contributed by atoms with Crippen LogP contribution in [-0.4, -0.2) is 13.8 Å². The summed E-state index contributed by atoms with van der Waals surface area (Å²) in [6, 6.07) is 24.6. The largest absolute Gasteiger partial charge is 0.308 e. The van der Waals surface area contributed by atoms with E-state index in [2.05, 4.69) is 75.7 Å². The molecule has 4 heteroatoms. The summed E-state index contributed by atoms with van der Waals surface area (Å²) in [6.07, 6.45) is 30.0. The highest BCUT2D eigenvalue weighted by Gasteiger charge is 2.56. The number of hydrogen-bond donors (Lipinski definition) is 0. The van der Waals surface area contributed by atoms with Gasteiger partial charge in [-0.1, -0.05) is 101 Å². The Morgan fingerprint density at radius 3 is 1.56 bits per heavy atom. The molecular formula is C55H52N4. The van der Waals surface area contributed by atoms with Crippen LogP contribution >= 0.6 is 0 Å². The molecule has 59 heavy (non-hydrogen) atoms. The van der Waals surface area contributed by atoms with Gasteiger partial charge in [0.05, 0.1) is 56.6 Å². The second-order valence-electron chi connectivity index (χ2n) is 21.2. The SMILES string of the molecule is N#Cc1cc2c(c3c1C1(CCCC1)CC31CCCC1)c1cccc3c4cc5c(cc4n2c31)c1cccc2c3c4c(ncc3n5c12)C1(CCCCC1)CCC41CCCCC1. The molecule has 0 amide bonds. The molecule has 0 bridgehead atoms. The summed E-state index contributed by atoms with van der Waals surface area (Å²) in [5, 5.41) is 22.2. The van der Waals surface area contributed by atoms with Gasteiger partial charge in [-0.2, -0.15) is 5.26 Å². The van der Waals surface area contributed by atoms with E-state index in [1.165, 1.54) is 222 Å². The first-order valence-corrected chi connectivity index (χ1v) is 23.8. The first-order valence-electron chi connectivity index (χ1n) is 23.8. The van der Waals surface area contributed by atoms with Crippen LogP contribution in [0.4, 0.5) is 0 Å². The molecule has 5 heterocycles. The highest BCUT2D eigenvalue weighted by atomic mass is 15.0. The summed E-state index contributed by atoms with van der Waals surface area (Å²) >= 11 is 0. The van der Waals surface area contributed by atoms with Crippen molar-refractivity contribution in [2.24, 2.45) is 0 Å². The molecule has 4 fully saturated rings. The molecule has 4 aromatic carbocycles. The standard InChI is InChI=1S/C55H52N4/c56-30-33-27-42-44(47-46(33)54(21-7-8-22-54)32-55(47)23-9-10-24-55)36-15-11-13-34-38-29-41-39(28-40(38)58(42)49(34)36)35-14-12-16-37-45-43(59(41)50(35)37)31-57-51-48(45)52(17-3-1-4-18-52)25-26-53(51)19-5-2-6-20-53/h11-16,27-29,31H,1-10,17-26,32H2. The molecule has 0 unspecified atom stereocenters. The third-order valence-corrected chi connectivity index (χ3v) is 18.8. The van der Waals surface area contributed by atoms with Crippen molar-refractivity contribution in [3.05, 3.63) is 88.7 Å². The summed E-state index contributed by atoms with van der Waals surface area (Å²) in [6.45, 7) is 0. The van der Waals surface area contributed by atoms with E-state index in [-0.39, 0.29) is 21.7 Å². The molecule has 15 rings (SSSR count). The first kappa shape index (κ1) is 32.9. The molecule has 5 aromatic heterocycles. The zero-order chi connectivity index (χ0) is 38.5. The monoisotopic (exact) mass is 768 g/mol. The molecule has 9 aromatic rings. The van der Waals surface area contributed by atoms with Crippen LogP contribution in [0, 0.1) is 11.3 Å². The Labute approximate surface area is 345 Å². The Morgan fingerprint density at radius 2 is 0.949 bits per heavy atom. The number of aromatic nitrogens is 3. The van der Waals surface area contributed by atoms with Crippen LogP contribution in [0.2, 0.25) is 0 Å². The highest BCUT2D eigenvalue weighted by molar-refractivity contribution is 6.29. The van der Waals surface area contributed by atoms with Gasteiger partial charge in [-0.15, -0.1) is 0 Å². The lowest BCUT2D eigenvalue weighted by molar-refractivity contribution is 0.172. The lowest BCUT2D eigenvalue weighted by Gasteiger charge is -2.50. The lowest BCUT2D eigenvalue weighted by Crippen LogP contribution is -2.43. The van der Waals surface area contributed by atoms with Crippen molar-refractivity contribution in [3.8, 4) is 6.07 Å². The Kier molecular flexibility index (Phi) is 6.07. The zero-order valence-electron chi connectivity index (χ0n) is 34.4. The van der Waals surface area contributed by atoms with Crippen LogP contribution < -0.4 is 0 Å². The van der Waals surface area contributed by atoms with E-state index in [1.54, 1.807) is 11.1 Å². The summed E-state index contributed by atoms with van der Waals surface area (Å²) in [5.74, 6) is 0. The molecular weight excluding hydrogens is 717 g/mol. The smallest absolute Gasteiger partial charge is 0.0995 e. The second kappa shape index (κ2) is 10.9. The van der Waals surface area contributed by atoms with Crippen LogP contribution in [0.15, 0.2) is 60.8 Å². The van der Waals surface area contributed by atoms with E-state index in [1.807, 2.05) is 0 Å². The molecule has 6 aliphatic carbocycles. The third kappa shape index (κ3) is 3.72. The molecule has 0 N–H and O–H groups in total. The van der Waals surface area contributed by atoms with Gasteiger partial charge in [0.2, 0.25) is 0 Å². The normalized spacial score (nSPS) is 23.0. The van der Waals surface area contributed by atoms with Crippen molar-refractivity contribution in [1.82, 2.24) is 13.8 Å². The summed E-state index contributed by atoms with van der Waals surface area (Å²) < 4.78 is 5.23. The Hall–Kier alpha value is -4.88. The van der Waals surface area contributed by atoms with Crippen LogP contribution in [0.5, 0.6) is 0 Å². The number of hydrogen-bond acceptors (Lipinski definition) is 2. The fourth-order valence-corrected chi connectivity index (χ4v) is 16.6. The predicted octanol–water partition coefficient (Wildman–Crippen LogP) is 14.5. The first-order chi connectivity index (χ1) is 29.1. The molecule has 0 atom stereocenters. The molecule has 4 nitrogen and oxygen atoms in total. The zero-order valence-corrected chi connectivity index (χ0v) is 34.4. The minimum atomic E-state index is 0.185. The van der Waals surface area contributed by atoms with Crippen LogP contribution in [0.3, 0.4) is 0 Å². The van der Waals surface area contributed by atoms with E-state index in [9.17, 15) is 5.26 Å². The minimum absolute atomic E-state index is 0.185. The maximum Gasteiger partial charge on any atom is 0.0995 e. The number of pyridine rings is 1. The van der Waals surface area contributed by atoms with Gasteiger partial charge in [-0.25, -0.2) is 0 Å². The van der Waals surface area contributed by atoms with E-state index < -0.39 is 0 Å². The van der Waals surface area contributed by atoms with Crippen LogP contribution in [0.1, 0.15) is 163 Å². The Balaban J connectivity index is 1.06. The van der Waals surface area contributed by atoms with Crippen molar-refractivity contribution in [3.63, 3.8) is 0 Å². The maximum atomic E-state index is 11.0. The highest BCUT2D eigenvalue weighted by Crippen LogP contribution is 2.65. The van der Waals surface area contributed by atoms with E-state index in [0.717, 1.165) is 5.56 Å². The van der Waals surface area contributed by atoms with Gasteiger partial charge in [0.25, 0.3) is 0 Å². The third-order valence-electron chi connectivity index (χ3n) is 18.8. The molecule has 6 aliphatic rings. The van der Waals surface area contributed by atoms with Crippen molar-refractivity contribution in [2.75, 3.05) is 0 Å². The predicted molar refractivity (Wildman–Crippen MR) is 242 cm³/mol. The molecule has 0 radical (unpaired) electrons. The van der Waals surface area contributed by atoms with E-state index >= 15 is 0 Å². The topological polar surface area (TPSA) is 45.5 Å². The average Bonchev–Trinajstić information content (AvgIpc) is 4.16. The number of rotatable bonds is 0. The fraction of sp³-hybridized carbons (Fsp3) is 0.455. The molecule has 4 spiro atoms. The minimum Gasteiger partial charge on any atom is -0.308 e. The lowest BCUT2D eigenvalue weighted by atomic mass is 9.54. The summed E-state index contributed by atoms with van der Waals surface area (Å²) in [4.78, 5) is 5.69. The van der Waals surface area contributed by atoms with Crippen molar-refractivity contribution < 1.29 is 0 Å². The van der Waals surface area contributed by atoms with Gasteiger partial charge < -0.3 is 8.80 Å². The number of fused-ring (bicyclic) bond motifs is 20. The molecule has 292 valence electrons. The Bertz CT molecular complexity index is 3340. The van der Waals surface area contributed by atoms with Gasteiger partial charge in [0.15, 0.2) is 0 Å². The van der Waals surface area contributed by atoms with Gasteiger partial charge in [-0.3, -0.25) is 4.98 Å². The van der Waals surface area contributed by atoms with E-state index in [4.69, 9.17) is 4.98 Å². The number of nitriles is 1. The number of benzene rings is 4. The quantitative estimate of drug-likeness (QED) is 0.154. The van der Waals surface area contributed by atoms with Crippen molar-refractivity contribution in [2.45, 2.75) is 156 Å². The summed E-state index contributed by atoms with van der Waals surface area (Å²) in [7, 11) is 0. The second-order valence-corrected chi connectivity index (χ2v) is 21.2. The molecule has 4 saturated carbocycles. The summed E-state index contributed by atoms with van der Waals surface area (Å²) in [5.41, 5.74) is 16.0. The number of para-hydroxylation sites is 2. The maximum absolute atomic E-state index is 11.0. The van der Waals surface area contributed by atoms with Crippen LogP contribution in [-0.2, 0) is 21.7 Å². The fourth-order valence-electron chi connectivity index (χ4n) is 16.6. The van der Waals surface area contributed by atoms with Gasteiger partial charge in [0, 0.05) is 48.5 Å². The number of nitrogens with zero attached hydrogens (tertiary/aromatic N) is 4. The van der Waals surface area contributed by atoms with Gasteiger partial charge >= 0.3 is 0 Å². The van der Waals surface area contributed by atoms with Crippen LogP contribution in [0.25, 0.3) is 76.2 Å².